The van der Waals surface area contributed by atoms with E-state index in [0.29, 0.717) is 5.56 Å². The van der Waals surface area contributed by atoms with E-state index in [1.54, 1.807) is 7.05 Å². The molecule has 0 unspecified atom stereocenters. The Labute approximate surface area is 120 Å². The van der Waals surface area contributed by atoms with Gasteiger partial charge in [0.15, 0.2) is 5.56 Å². The van der Waals surface area contributed by atoms with Crippen LogP contribution in [-0.4, -0.2) is 22.7 Å². The molecule has 1 aliphatic carbocycles. The molecular formula is C13H18IN2O3+. The van der Waals surface area contributed by atoms with Crippen molar-refractivity contribution < 1.29 is 5.11 Å². The molecule has 1 heterocycles. The number of hydrogen-bond acceptors (Lipinski definition) is 2. The van der Waals surface area contributed by atoms with Gasteiger partial charge in [0.05, 0.1) is 0 Å². The van der Waals surface area contributed by atoms with E-state index < -0.39 is 5.69 Å². The number of allylic oxidation sites excluding steroid dienone is 2. The lowest BCUT2D eigenvalue weighted by atomic mass is 10.1. The lowest BCUT2D eigenvalue weighted by Gasteiger charge is -2.10. The summed E-state index contributed by atoms with van der Waals surface area (Å²) in [7, 11) is 3.01. The Morgan fingerprint density at radius 1 is 1.16 bits per heavy atom. The zero-order valence-corrected chi connectivity index (χ0v) is 13.7. The summed E-state index contributed by atoms with van der Waals surface area (Å²) in [4.78, 5) is 26.3. The van der Waals surface area contributed by atoms with Crippen molar-refractivity contribution in [3.8, 4) is 5.88 Å². The molecule has 0 fully saturated rings. The number of hydrogen-bond donors (Lipinski definition) is 0. The van der Waals surface area contributed by atoms with Crippen LogP contribution in [0.2, 0.25) is 0 Å². The molecular weight excluding hydrogens is 359 g/mol. The summed E-state index contributed by atoms with van der Waals surface area (Å²) in [6, 6.07) is 0. The second-order valence-corrected chi connectivity index (χ2v) is 7.06. The Bertz CT molecular complexity index is 723. The lowest BCUT2D eigenvalue weighted by Crippen LogP contribution is -2.38. The molecule has 0 aliphatic heterocycles. The maximum absolute atomic E-state index is 12.4. The predicted molar refractivity (Wildman–Crippen MR) is 86.8 cm³/mol. The maximum Gasteiger partial charge on any atom is 0.354 e. The standard InChI is InChI=1S/C13H17IN2O3/c1-7-5-6-8(14-2)9(7)10-11(17)15(3)13(19)16(4)12(10)18/h17H,5-6H2,1-4H3/p+1. The van der Waals surface area contributed by atoms with Gasteiger partial charge in [-0.2, -0.15) is 0 Å². The molecule has 104 valence electrons. The van der Waals surface area contributed by atoms with E-state index in [1.165, 1.54) is 20.7 Å². The molecule has 0 saturated carbocycles. The molecule has 6 heteroatoms. The van der Waals surface area contributed by atoms with Gasteiger partial charge in [0.25, 0.3) is 5.56 Å². The molecule has 0 amide bonds. The van der Waals surface area contributed by atoms with Gasteiger partial charge in [0.2, 0.25) is 0 Å². The summed E-state index contributed by atoms with van der Waals surface area (Å²) in [5.74, 6) is 0.0271. The predicted octanol–water partition coefficient (Wildman–Crippen LogP) is 0.862. The quantitative estimate of drug-likeness (QED) is 0.414. The highest BCUT2D eigenvalue weighted by molar-refractivity contribution is 14.2. The zero-order chi connectivity index (χ0) is 14.3. The average molecular weight is 377 g/mol. The van der Waals surface area contributed by atoms with Crippen molar-refractivity contribution in [3.63, 3.8) is 0 Å². The van der Waals surface area contributed by atoms with Gasteiger partial charge in [-0.1, -0.05) is 5.57 Å². The lowest BCUT2D eigenvalue weighted by molar-refractivity contribution is 0.410. The first-order valence-corrected chi connectivity index (χ1v) is 9.21. The van der Waals surface area contributed by atoms with Gasteiger partial charge in [-0.15, -0.1) is 20.7 Å². The van der Waals surface area contributed by atoms with Crippen LogP contribution >= 0.6 is 20.7 Å². The minimum Gasteiger partial charge on any atom is -0.579 e. The van der Waals surface area contributed by atoms with Crippen LogP contribution in [0.15, 0.2) is 15.2 Å². The van der Waals surface area contributed by atoms with Crippen molar-refractivity contribution in [1.82, 2.24) is 9.13 Å². The highest BCUT2D eigenvalue weighted by Crippen LogP contribution is 2.35. The Morgan fingerprint density at radius 2 is 1.79 bits per heavy atom. The van der Waals surface area contributed by atoms with Crippen molar-refractivity contribution in [2.75, 3.05) is 4.93 Å². The fourth-order valence-electron chi connectivity index (χ4n) is 2.39. The molecule has 2 N–H and O–H groups in total. The summed E-state index contributed by atoms with van der Waals surface area (Å²) >= 11 is -0.103. The number of rotatable bonds is 1. The smallest absolute Gasteiger partial charge is 0.354 e. The molecule has 2 rings (SSSR count). The summed E-state index contributed by atoms with van der Waals surface area (Å²) < 4.78 is 3.65. The van der Waals surface area contributed by atoms with Gasteiger partial charge < -0.3 is 5.11 Å². The van der Waals surface area contributed by atoms with Gasteiger partial charge in [0.1, 0.15) is 0 Å². The minimum atomic E-state index is -0.442. The van der Waals surface area contributed by atoms with Crippen molar-refractivity contribution >= 4 is 29.8 Å². The monoisotopic (exact) mass is 377 g/mol. The summed E-state index contributed by atoms with van der Waals surface area (Å²) in [5.41, 5.74) is 1.73. The normalized spacial score (nSPS) is 18.0. The Kier molecular flexibility index (Phi) is 3.80. The molecule has 0 spiro atoms. The average Bonchev–Trinajstić information content (AvgIpc) is 2.76. The van der Waals surface area contributed by atoms with Crippen molar-refractivity contribution in [2.45, 2.75) is 19.8 Å². The van der Waals surface area contributed by atoms with Gasteiger partial charge >= 0.3 is 11.6 Å². The van der Waals surface area contributed by atoms with Gasteiger partial charge in [-0.3, -0.25) is 9.36 Å². The van der Waals surface area contributed by atoms with E-state index in [0.717, 1.165) is 23.0 Å². The van der Waals surface area contributed by atoms with Gasteiger partial charge in [-0.25, -0.2) is 9.36 Å². The molecule has 0 bridgehead atoms. The highest BCUT2D eigenvalue weighted by Gasteiger charge is 2.28. The van der Waals surface area contributed by atoms with Crippen molar-refractivity contribution in [2.24, 2.45) is 14.1 Å². The number of nitrogens with zero attached hydrogens (tertiary/aromatic N) is 2. The number of halogens is 1. The second kappa shape index (κ2) is 5.07. The molecule has 0 saturated heterocycles. The molecule has 0 atom stereocenters. The van der Waals surface area contributed by atoms with Crippen LogP contribution in [0.4, 0.5) is 0 Å². The van der Waals surface area contributed by atoms with E-state index in [-0.39, 0.29) is 32.2 Å². The first kappa shape index (κ1) is 14.2. The zero-order valence-electron chi connectivity index (χ0n) is 11.5. The van der Waals surface area contributed by atoms with Crippen LogP contribution in [0.25, 0.3) is 5.57 Å². The van der Waals surface area contributed by atoms with Crippen LogP contribution < -0.4 is 11.2 Å². The summed E-state index contributed by atoms with van der Waals surface area (Å²) in [6.07, 6.45) is 1.96. The van der Waals surface area contributed by atoms with E-state index in [4.69, 9.17) is 5.11 Å². The Balaban J connectivity index is 2.90. The molecule has 0 aromatic carbocycles. The molecule has 5 nitrogen and oxygen atoms in total. The topological polar surface area (TPSA) is 66.9 Å². The summed E-state index contributed by atoms with van der Waals surface area (Å²) in [6.45, 7) is 2.02. The third-order valence-corrected chi connectivity index (χ3v) is 5.94. The Hall–Kier alpha value is -1.18. The SMILES string of the molecule is CI=C1CCC(C)=C1c1c([OH2+])n(C)c(=O)n(C)c1=O. The third-order valence-electron chi connectivity index (χ3n) is 3.56. The van der Waals surface area contributed by atoms with Crippen LogP contribution in [0.1, 0.15) is 25.3 Å². The largest absolute Gasteiger partial charge is 0.579 e. The third kappa shape index (κ3) is 2.11. The van der Waals surface area contributed by atoms with Crippen LogP contribution in [-0.2, 0) is 14.1 Å². The van der Waals surface area contributed by atoms with Crippen molar-refractivity contribution in [1.29, 1.82) is 0 Å². The van der Waals surface area contributed by atoms with E-state index in [1.807, 2.05) is 6.92 Å². The fraction of sp³-hybridized carbons (Fsp3) is 0.462. The Morgan fingerprint density at radius 3 is 2.37 bits per heavy atom. The first-order valence-electron chi connectivity index (χ1n) is 5.97. The fourth-order valence-corrected chi connectivity index (χ4v) is 4.46. The maximum atomic E-state index is 12.4. The minimum absolute atomic E-state index is 0.0271. The molecule has 19 heavy (non-hydrogen) atoms. The number of aromatic nitrogens is 2. The van der Waals surface area contributed by atoms with Crippen LogP contribution in [0, 0.1) is 0 Å². The van der Waals surface area contributed by atoms with E-state index in [9.17, 15) is 9.59 Å². The van der Waals surface area contributed by atoms with E-state index in [2.05, 4.69) is 4.93 Å². The van der Waals surface area contributed by atoms with Crippen LogP contribution in [0.5, 0.6) is 5.88 Å². The molecule has 1 aromatic heterocycles. The summed E-state index contributed by atoms with van der Waals surface area (Å²) in [5, 5.41) is 8.11. The molecule has 1 aromatic rings. The van der Waals surface area contributed by atoms with E-state index >= 15 is 0 Å². The number of alkyl halides is 1. The van der Waals surface area contributed by atoms with Gasteiger partial charge in [0, 0.05) is 19.7 Å². The van der Waals surface area contributed by atoms with Gasteiger partial charge in [-0.05, 0) is 28.2 Å². The first-order chi connectivity index (χ1) is 8.90. The highest BCUT2D eigenvalue weighted by atomic mass is 127. The van der Waals surface area contributed by atoms with Crippen LogP contribution in [0.3, 0.4) is 0 Å². The second-order valence-electron chi connectivity index (χ2n) is 4.68. The molecule has 0 radical (unpaired) electrons. The molecule has 1 aliphatic rings. The van der Waals surface area contributed by atoms with Crippen molar-refractivity contribution in [3.05, 3.63) is 32.0 Å².